The highest BCUT2D eigenvalue weighted by Gasteiger charge is 2.18. The molecule has 0 aliphatic rings. The summed E-state index contributed by atoms with van der Waals surface area (Å²) in [4.78, 5) is 33.2. The fourth-order valence-electron chi connectivity index (χ4n) is 4.74. The van der Waals surface area contributed by atoms with Crippen molar-refractivity contribution in [3.63, 3.8) is 0 Å². The van der Waals surface area contributed by atoms with Crippen molar-refractivity contribution in [2.45, 2.75) is 26.3 Å². The number of H-pyrrole nitrogens is 2. The Morgan fingerprint density at radius 1 is 1.05 bits per heavy atom. The van der Waals surface area contributed by atoms with Crippen LogP contribution in [0.1, 0.15) is 25.3 Å². The van der Waals surface area contributed by atoms with Crippen LogP contribution in [0, 0.1) is 5.82 Å². The fourth-order valence-corrected chi connectivity index (χ4v) is 5.17. The number of hydrogen-bond donors (Lipinski definition) is 4. The maximum absolute atomic E-state index is 14.6. The Kier molecular flexibility index (Phi) is 7.38. The number of benzene rings is 1. The predicted molar refractivity (Wildman–Crippen MR) is 161 cm³/mol. The van der Waals surface area contributed by atoms with Crippen LogP contribution in [-0.4, -0.2) is 55.7 Å². The molecule has 5 aromatic heterocycles. The van der Waals surface area contributed by atoms with E-state index in [1.807, 2.05) is 19.1 Å². The maximum atomic E-state index is 14.6. The summed E-state index contributed by atoms with van der Waals surface area (Å²) < 4.78 is 40.1. The van der Waals surface area contributed by atoms with E-state index in [0.29, 0.717) is 68.3 Å². The number of sulfonamides is 1. The number of amides is 1. The number of aromatic amines is 2. The molecule has 0 unspecified atom stereocenters. The van der Waals surface area contributed by atoms with Gasteiger partial charge in [-0.1, -0.05) is 6.92 Å². The zero-order valence-electron chi connectivity index (χ0n) is 23.1. The minimum absolute atomic E-state index is 0.0504. The largest absolute Gasteiger partial charge is 0.335 e. The first kappa shape index (κ1) is 28.1. The normalized spacial score (nSPS) is 11.8. The average molecular weight is 600 g/mol. The van der Waals surface area contributed by atoms with E-state index >= 15 is 0 Å². The van der Waals surface area contributed by atoms with Crippen LogP contribution in [0.25, 0.3) is 56.0 Å². The van der Waals surface area contributed by atoms with E-state index in [1.165, 1.54) is 12.1 Å². The molecule has 0 spiro atoms. The number of rotatable bonds is 9. The quantitative estimate of drug-likeness (QED) is 0.187. The molecule has 0 saturated carbocycles. The topological polar surface area (TPSA) is 171 Å². The Bertz CT molecular complexity index is 2110. The molecule has 218 valence electrons. The molecule has 6 rings (SSSR count). The minimum Gasteiger partial charge on any atom is -0.335 e. The lowest BCUT2D eigenvalue weighted by atomic mass is 10.0. The van der Waals surface area contributed by atoms with Crippen molar-refractivity contribution in [3.8, 4) is 33.9 Å². The van der Waals surface area contributed by atoms with Gasteiger partial charge in [0.25, 0.3) is 0 Å². The van der Waals surface area contributed by atoms with Crippen LogP contribution in [0.5, 0.6) is 0 Å². The van der Waals surface area contributed by atoms with E-state index in [1.54, 1.807) is 36.9 Å². The van der Waals surface area contributed by atoms with Gasteiger partial charge in [-0.25, -0.2) is 27.5 Å². The SMILES string of the molecule is CCCC(=O)Nc1cncc(-c2cc3c(-c4nc5nccc(-c6cc(F)cc(CNS(C)(=O)=O)c6)c5[nH]4)n[nH]c3cn2)c1. The molecule has 1 amide bonds. The van der Waals surface area contributed by atoms with E-state index in [2.05, 4.69) is 45.2 Å². The van der Waals surface area contributed by atoms with Crippen molar-refractivity contribution in [3.05, 3.63) is 72.6 Å². The van der Waals surface area contributed by atoms with Gasteiger partial charge in [-0.05, 0) is 53.9 Å². The van der Waals surface area contributed by atoms with Gasteiger partial charge in [0, 0.05) is 41.9 Å². The van der Waals surface area contributed by atoms with Gasteiger partial charge in [-0.3, -0.25) is 19.9 Å². The van der Waals surface area contributed by atoms with E-state index in [0.717, 1.165) is 18.1 Å². The van der Waals surface area contributed by atoms with Crippen molar-refractivity contribution in [1.82, 2.24) is 39.8 Å². The number of hydrogen-bond acceptors (Lipinski definition) is 8. The fraction of sp³-hybridized carbons (Fsp3) is 0.172. The highest BCUT2D eigenvalue weighted by molar-refractivity contribution is 7.88. The molecule has 14 heteroatoms. The average Bonchev–Trinajstić information content (AvgIpc) is 3.59. The molecule has 4 N–H and O–H groups in total. The number of pyridine rings is 3. The molecule has 0 aliphatic heterocycles. The number of halogens is 1. The third-order valence-corrected chi connectivity index (χ3v) is 7.33. The number of anilines is 1. The summed E-state index contributed by atoms with van der Waals surface area (Å²) >= 11 is 0. The summed E-state index contributed by atoms with van der Waals surface area (Å²) in [7, 11) is -3.45. The van der Waals surface area contributed by atoms with E-state index in [9.17, 15) is 17.6 Å². The smallest absolute Gasteiger partial charge is 0.224 e. The molecule has 6 aromatic rings. The molecular weight excluding hydrogens is 573 g/mol. The number of carbonyl (C=O) groups excluding carboxylic acids is 1. The summed E-state index contributed by atoms with van der Waals surface area (Å²) in [6.45, 7) is 1.89. The number of nitrogens with zero attached hydrogens (tertiary/aromatic N) is 5. The second kappa shape index (κ2) is 11.3. The van der Waals surface area contributed by atoms with E-state index in [-0.39, 0.29) is 12.5 Å². The standard InChI is InChI=1S/C29H26FN9O3S/c1-3-4-25(40)35-20-10-18(13-31-14-20)23-11-22-24(15-33-23)38-39-27(22)29-36-26-21(5-6-32-28(26)37-29)17-7-16(8-19(30)9-17)12-34-43(2,41)42/h5-11,13-15,34H,3-4,12H2,1-2H3,(H,35,40)(H,38,39)(H,32,36,37). The molecule has 0 aliphatic carbocycles. The summed E-state index contributed by atoms with van der Waals surface area (Å²) in [6, 6.07) is 9.77. The van der Waals surface area contributed by atoms with E-state index in [4.69, 9.17) is 0 Å². The van der Waals surface area contributed by atoms with Crippen molar-refractivity contribution < 1.29 is 17.6 Å². The molecule has 0 radical (unpaired) electrons. The molecular formula is C29H26FN9O3S. The number of carbonyl (C=O) groups is 1. The Morgan fingerprint density at radius 3 is 2.72 bits per heavy atom. The van der Waals surface area contributed by atoms with Crippen LogP contribution in [-0.2, 0) is 21.4 Å². The number of fused-ring (bicyclic) bond motifs is 2. The van der Waals surface area contributed by atoms with Crippen LogP contribution >= 0.6 is 0 Å². The van der Waals surface area contributed by atoms with Gasteiger partial charge in [0.15, 0.2) is 11.5 Å². The Labute approximate surface area is 245 Å². The molecule has 12 nitrogen and oxygen atoms in total. The third kappa shape index (κ3) is 6.10. The lowest BCUT2D eigenvalue weighted by Gasteiger charge is -2.08. The lowest BCUT2D eigenvalue weighted by Crippen LogP contribution is -2.21. The second-order valence-corrected chi connectivity index (χ2v) is 11.9. The minimum atomic E-state index is -3.45. The number of imidazole rings is 1. The lowest BCUT2D eigenvalue weighted by molar-refractivity contribution is -0.116. The highest BCUT2D eigenvalue weighted by atomic mass is 32.2. The molecule has 0 bridgehead atoms. The number of aromatic nitrogens is 7. The highest BCUT2D eigenvalue weighted by Crippen LogP contribution is 2.32. The molecule has 5 heterocycles. The molecule has 1 aromatic carbocycles. The first-order chi connectivity index (χ1) is 20.7. The second-order valence-electron chi connectivity index (χ2n) is 10.0. The molecule has 0 atom stereocenters. The van der Waals surface area contributed by atoms with E-state index < -0.39 is 15.8 Å². The third-order valence-electron chi connectivity index (χ3n) is 6.67. The van der Waals surface area contributed by atoms with Gasteiger partial charge in [0.1, 0.15) is 11.5 Å². The summed E-state index contributed by atoms with van der Waals surface area (Å²) in [6.07, 6.45) is 8.69. The first-order valence-corrected chi connectivity index (χ1v) is 15.2. The van der Waals surface area contributed by atoms with Gasteiger partial charge in [0.05, 0.1) is 41.1 Å². The first-order valence-electron chi connectivity index (χ1n) is 13.4. The maximum Gasteiger partial charge on any atom is 0.224 e. The molecule has 0 saturated heterocycles. The summed E-state index contributed by atoms with van der Waals surface area (Å²) in [5, 5.41) is 11.0. The van der Waals surface area contributed by atoms with Crippen LogP contribution in [0.2, 0.25) is 0 Å². The van der Waals surface area contributed by atoms with Crippen molar-refractivity contribution in [2.75, 3.05) is 11.6 Å². The molecule has 0 fully saturated rings. The zero-order valence-corrected chi connectivity index (χ0v) is 24.0. The van der Waals surface area contributed by atoms with Crippen LogP contribution in [0.3, 0.4) is 0 Å². The molecule has 43 heavy (non-hydrogen) atoms. The predicted octanol–water partition coefficient (Wildman–Crippen LogP) is 4.55. The van der Waals surface area contributed by atoms with Gasteiger partial charge >= 0.3 is 0 Å². The van der Waals surface area contributed by atoms with Gasteiger partial charge in [0.2, 0.25) is 15.9 Å². The van der Waals surface area contributed by atoms with Crippen LogP contribution in [0.4, 0.5) is 10.1 Å². The van der Waals surface area contributed by atoms with Crippen molar-refractivity contribution in [1.29, 1.82) is 0 Å². The van der Waals surface area contributed by atoms with Gasteiger partial charge in [-0.2, -0.15) is 5.10 Å². The zero-order chi connectivity index (χ0) is 30.1. The summed E-state index contributed by atoms with van der Waals surface area (Å²) in [5.74, 6) is -0.151. The van der Waals surface area contributed by atoms with Crippen LogP contribution < -0.4 is 10.0 Å². The Balaban J connectivity index is 1.37. The summed E-state index contributed by atoms with van der Waals surface area (Å²) in [5.41, 5.74) is 5.72. The monoisotopic (exact) mass is 599 g/mol. The van der Waals surface area contributed by atoms with Crippen LogP contribution in [0.15, 0.2) is 61.2 Å². The van der Waals surface area contributed by atoms with Gasteiger partial charge in [-0.15, -0.1) is 0 Å². The van der Waals surface area contributed by atoms with Gasteiger partial charge < -0.3 is 10.3 Å². The Hall–Kier alpha value is -5.08. The Morgan fingerprint density at radius 2 is 1.91 bits per heavy atom. The number of nitrogens with one attached hydrogen (secondary N) is 4. The van der Waals surface area contributed by atoms with Crippen molar-refractivity contribution >= 4 is 43.7 Å². The van der Waals surface area contributed by atoms with Crippen molar-refractivity contribution in [2.24, 2.45) is 0 Å².